The first kappa shape index (κ1) is 70.0. The molecule has 3 fully saturated rings. The van der Waals surface area contributed by atoms with Crippen LogP contribution in [-0.2, 0) is 28.7 Å². The summed E-state index contributed by atoms with van der Waals surface area (Å²) < 4.78 is 9.52. The number of hydrogen-bond acceptors (Lipinski definition) is 12. The molecule has 8 aliphatic rings. The van der Waals surface area contributed by atoms with Crippen molar-refractivity contribution in [3.63, 3.8) is 0 Å². The van der Waals surface area contributed by atoms with Crippen LogP contribution in [0.1, 0.15) is 168 Å². The highest BCUT2D eigenvalue weighted by atomic mass is 16.5. The van der Waals surface area contributed by atoms with Crippen molar-refractivity contribution in [2.75, 3.05) is 27.3 Å². The van der Waals surface area contributed by atoms with Gasteiger partial charge in [-0.05, 0) is 170 Å². The monoisotopic (exact) mass is 1320 g/mol. The molecule has 1 saturated carbocycles. The molecule has 6 aliphatic heterocycles. The summed E-state index contributed by atoms with van der Waals surface area (Å²) in [4.78, 5) is 99.3. The Hall–Kier alpha value is -9.32. The Morgan fingerprint density at radius 2 is 0.816 bits per heavy atom. The van der Waals surface area contributed by atoms with Gasteiger partial charge < -0.3 is 40.5 Å². The minimum absolute atomic E-state index is 0.0262. The fourth-order valence-electron chi connectivity index (χ4n) is 15.0. The van der Waals surface area contributed by atoms with E-state index in [2.05, 4.69) is 118 Å². The lowest BCUT2D eigenvalue weighted by molar-refractivity contribution is -0.134. The molecule has 6 heterocycles. The average molecular weight is 1330 g/mol. The van der Waals surface area contributed by atoms with Gasteiger partial charge in [-0.1, -0.05) is 131 Å². The SMILES string of the molecule is COC(=O)N[C@H](C(=O)N1CCC[C@H]1C1=NC=C(c2ccc(-c3ccc(C4=CN=C(C5=C(C(=O)NC(C)C)CCC5)C4)cc3)cc2)C1)C(C)C.COC(=O)N[C@H](C(=O)N1CCC[C@H]1C1=NC=C(c2ccc(-c3ccc(C4=CN=C([C@H]5CCCC5C(=O)NC(C)C)C4)cc3)cc2)C1)C(C)C. The number of alkyl carbamates (subject to hydrolysis) is 2. The van der Waals surface area contributed by atoms with Gasteiger partial charge in [-0.3, -0.25) is 39.1 Å². The van der Waals surface area contributed by atoms with Crippen molar-refractivity contribution in [2.45, 2.75) is 182 Å². The third-order valence-corrected chi connectivity index (χ3v) is 20.3. The zero-order chi connectivity index (χ0) is 69.3. The number of methoxy groups -OCH3 is 2. The second-order valence-corrected chi connectivity index (χ2v) is 28.4. The maximum Gasteiger partial charge on any atom is 0.407 e. The van der Waals surface area contributed by atoms with Gasteiger partial charge in [0.05, 0.1) is 26.3 Å². The predicted molar refractivity (Wildman–Crippen MR) is 390 cm³/mol. The molecule has 98 heavy (non-hydrogen) atoms. The van der Waals surface area contributed by atoms with Crippen LogP contribution >= 0.6 is 0 Å². The Bertz CT molecular complexity index is 3960. The number of nitrogens with one attached hydrogen (secondary N) is 4. The number of carbonyl (C=O) groups excluding carboxylic acids is 6. The molecule has 1 unspecified atom stereocenters. The van der Waals surface area contributed by atoms with Gasteiger partial charge in [0.15, 0.2) is 0 Å². The molecule has 4 aromatic rings. The first-order valence-corrected chi connectivity index (χ1v) is 35.3. The van der Waals surface area contributed by atoms with E-state index in [0.717, 1.165) is 161 Å². The lowest BCUT2D eigenvalue weighted by Crippen LogP contribution is -2.53. The lowest BCUT2D eigenvalue weighted by atomic mass is 9.87. The number of benzene rings is 4. The second kappa shape index (κ2) is 31.5. The van der Waals surface area contributed by atoms with Crippen LogP contribution in [0.5, 0.6) is 0 Å². The van der Waals surface area contributed by atoms with Gasteiger partial charge in [0, 0.05) is 116 Å². The standard InChI is InChI=1S/C40H49N5O4.C40H47N5O4/c2*1-24(2)37(44-40(48)49-5)39(47)45-19-7-10-36(45)35-21-31(23-42-35)29-17-13-27(14-18-29)26-11-15-28(16-12-26)30-20-34(41-22-30)32-8-6-9-33(32)38(46)43-25(3)4/h11-18,22-25,32-33,36-37H,6-10,19-21H2,1-5H3,(H,43,46)(H,44,48);11-18,22-25,36-37H,6-10,19-21H2,1-5H3,(H,43,46)(H,44,48)/t32-,33?,36-,37-;36-,37-/m00/s1. The van der Waals surface area contributed by atoms with Gasteiger partial charge in [-0.25, -0.2) is 9.59 Å². The molecule has 4 N–H and O–H groups in total. The Morgan fingerprint density at radius 1 is 0.429 bits per heavy atom. The molecule has 6 atom stereocenters. The number of nitrogens with zero attached hydrogens (tertiary/aromatic N) is 6. The predicted octanol–water partition coefficient (Wildman–Crippen LogP) is 14.1. The van der Waals surface area contributed by atoms with Gasteiger partial charge in [0.25, 0.3) is 0 Å². The van der Waals surface area contributed by atoms with Gasteiger partial charge in [0.1, 0.15) is 12.1 Å². The maximum atomic E-state index is 13.5. The molecular formula is C80H96N10O8. The van der Waals surface area contributed by atoms with Crippen LogP contribution in [0.4, 0.5) is 9.59 Å². The van der Waals surface area contributed by atoms with Crippen LogP contribution in [0.2, 0.25) is 0 Å². The van der Waals surface area contributed by atoms with Crippen LogP contribution in [0.15, 0.2) is 153 Å². The fraction of sp³-hybridized carbons (Fsp3) is 0.450. The van der Waals surface area contributed by atoms with E-state index in [1.165, 1.54) is 30.9 Å². The number of rotatable bonds is 20. The van der Waals surface area contributed by atoms with Crippen molar-refractivity contribution in [2.24, 2.45) is 43.6 Å². The van der Waals surface area contributed by atoms with E-state index in [1.807, 2.05) is 90.0 Å². The highest BCUT2D eigenvalue weighted by Gasteiger charge is 2.42. The van der Waals surface area contributed by atoms with Gasteiger partial charge in [-0.15, -0.1) is 0 Å². The summed E-state index contributed by atoms with van der Waals surface area (Å²) >= 11 is 0. The third-order valence-electron chi connectivity index (χ3n) is 20.3. The zero-order valence-corrected chi connectivity index (χ0v) is 58.6. The summed E-state index contributed by atoms with van der Waals surface area (Å²) in [6.07, 6.45) is 18.9. The minimum atomic E-state index is -0.642. The van der Waals surface area contributed by atoms with E-state index < -0.39 is 24.3 Å². The summed E-state index contributed by atoms with van der Waals surface area (Å²) in [6, 6.07) is 33.3. The normalized spacial score (nSPS) is 21.0. The van der Waals surface area contributed by atoms with Crippen molar-refractivity contribution in [1.82, 2.24) is 31.1 Å². The van der Waals surface area contributed by atoms with Crippen LogP contribution in [0.25, 0.3) is 44.5 Å². The van der Waals surface area contributed by atoms with Crippen molar-refractivity contribution >= 4 is 81.0 Å². The van der Waals surface area contributed by atoms with Gasteiger partial charge >= 0.3 is 12.2 Å². The molecule has 12 rings (SSSR count). The smallest absolute Gasteiger partial charge is 0.407 e. The average Bonchev–Trinajstić information content (AvgIpc) is 1.65. The van der Waals surface area contributed by atoms with E-state index in [9.17, 15) is 28.8 Å². The zero-order valence-electron chi connectivity index (χ0n) is 58.6. The maximum absolute atomic E-state index is 13.5. The molecule has 0 aromatic heterocycles. The molecule has 2 saturated heterocycles. The molecular weight excluding hydrogens is 1230 g/mol. The molecule has 0 radical (unpaired) electrons. The Morgan fingerprint density at radius 3 is 1.22 bits per heavy atom. The molecule has 0 bridgehead atoms. The highest BCUT2D eigenvalue weighted by Crippen LogP contribution is 2.41. The first-order chi connectivity index (χ1) is 47.2. The van der Waals surface area contributed by atoms with Gasteiger partial charge in [0.2, 0.25) is 23.6 Å². The Balaban J connectivity index is 0.000000198. The lowest BCUT2D eigenvalue weighted by Gasteiger charge is -2.31. The largest absolute Gasteiger partial charge is 0.453 e. The number of carbonyl (C=O) groups is 6. The van der Waals surface area contributed by atoms with E-state index >= 15 is 0 Å². The Labute approximate surface area is 577 Å². The molecule has 2 aliphatic carbocycles. The molecule has 6 amide bonds. The molecule has 0 spiro atoms. The quantitative estimate of drug-likeness (QED) is 0.0664. The van der Waals surface area contributed by atoms with Crippen molar-refractivity contribution < 1.29 is 38.2 Å². The summed E-state index contributed by atoms with van der Waals surface area (Å²) in [5.74, 6) is 0.167. The van der Waals surface area contributed by atoms with E-state index in [-0.39, 0.29) is 71.5 Å². The number of aliphatic imine (C=N–C) groups is 4. The summed E-state index contributed by atoms with van der Waals surface area (Å²) in [5, 5.41) is 11.6. The van der Waals surface area contributed by atoms with E-state index in [4.69, 9.17) is 29.4 Å². The number of allylic oxidation sites excluding steroid dienone is 5. The fourth-order valence-corrected chi connectivity index (χ4v) is 15.0. The third kappa shape index (κ3) is 16.1. The number of likely N-dealkylation sites (tertiary alicyclic amines) is 2. The van der Waals surface area contributed by atoms with Crippen LogP contribution in [0, 0.1) is 23.7 Å². The van der Waals surface area contributed by atoms with Crippen molar-refractivity contribution in [1.29, 1.82) is 0 Å². The Kier molecular flexibility index (Phi) is 22.5. The second-order valence-electron chi connectivity index (χ2n) is 28.4. The number of hydrogen-bond donors (Lipinski definition) is 4. The molecule has 18 nitrogen and oxygen atoms in total. The summed E-state index contributed by atoms with van der Waals surface area (Å²) in [7, 11) is 2.61. The number of amides is 6. The molecule has 18 heteroatoms. The summed E-state index contributed by atoms with van der Waals surface area (Å²) in [5.41, 5.74) is 19.9. The molecule has 4 aromatic carbocycles. The van der Waals surface area contributed by atoms with Crippen LogP contribution in [0.3, 0.4) is 0 Å². The summed E-state index contributed by atoms with van der Waals surface area (Å²) in [6.45, 7) is 17.0. The highest BCUT2D eigenvalue weighted by molar-refractivity contribution is 6.14. The molecule has 514 valence electrons. The van der Waals surface area contributed by atoms with Crippen LogP contribution < -0.4 is 21.3 Å². The first-order valence-electron chi connectivity index (χ1n) is 35.3. The van der Waals surface area contributed by atoms with Crippen molar-refractivity contribution in [3.05, 3.63) is 155 Å². The van der Waals surface area contributed by atoms with Gasteiger partial charge in [-0.2, -0.15) is 0 Å². The number of ether oxygens (including phenoxy) is 2. The van der Waals surface area contributed by atoms with Crippen LogP contribution in [-0.4, -0.2) is 132 Å². The van der Waals surface area contributed by atoms with Crippen molar-refractivity contribution in [3.8, 4) is 22.3 Å². The topological polar surface area (TPSA) is 225 Å². The van der Waals surface area contributed by atoms with E-state index in [0.29, 0.717) is 25.9 Å². The van der Waals surface area contributed by atoms with E-state index in [1.54, 1.807) is 0 Å². The minimum Gasteiger partial charge on any atom is -0.453 e.